The van der Waals surface area contributed by atoms with Crippen LogP contribution >= 0.6 is 11.8 Å². The Kier molecular flexibility index (Phi) is 9.36. The summed E-state index contributed by atoms with van der Waals surface area (Å²) in [5, 5.41) is -0.339. The summed E-state index contributed by atoms with van der Waals surface area (Å²) in [5.74, 6) is -2.76. The molecule has 0 bridgehead atoms. The highest BCUT2D eigenvalue weighted by molar-refractivity contribution is 8.13. The number of alkyl halides is 3. The number of thioether (sulfide) groups is 1. The SMILES string of the molecule is CC(=O)O[C@@H]1[C@@H](OC(C)=O)[C@H](OCC(F)(F)F)O[C@H](CSC(C)=O)[C@H]1OC(C)=O. The number of hydrogen-bond acceptors (Lipinski definition) is 10. The molecule has 1 aliphatic rings. The first-order chi connectivity index (χ1) is 13.3. The summed E-state index contributed by atoms with van der Waals surface area (Å²) in [6, 6.07) is 0. The fraction of sp³-hybridized carbons (Fsp3) is 0.750. The lowest BCUT2D eigenvalue weighted by Crippen LogP contribution is -2.62. The van der Waals surface area contributed by atoms with Gasteiger partial charge in [0, 0.05) is 33.4 Å². The minimum atomic E-state index is -4.72. The van der Waals surface area contributed by atoms with Gasteiger partial charge in [-0.2, -0.15) is 13.2 Å². The lowest BCUT2D eigenvalue weighted by atomic mass is 9.98. The molecule has 166 valence electrons. The topological polar surface area (TPSA) is 114 Å². The van der Waals surface area contributed by atoms with Crippen molar-refractivity contribution in [2.45, 2.75) is 64.6 Å². The van der Waals surface area contributed by atoms with Gasteiger partial charge in [0.05, 0.1) is 0 Å². The Morgan fingerprint density at radius 2 is 1.34 bits per heavy atom. The van der Waals surface area contributed by atoms with Crippen molar-refractivity contribution in [3.8, 4) is 0 Å². The number of esters is 3. The zero-order valence-electron chi connectivity index (χ0n) is 16.0. The van der Waals surface area contributed by atoms with E-state index < -0.39 is 61.4 Å². The van der Waals surface area contributed by atoms with E-state index in [1.807, 2.05) is 0 Å². The molecule has 1 rings (SSSR count). The van der Waals surface area contributed by atoms with Crippen LogP contribution in [-0.4, -0.2) is 72.3 Å². The molecular formula is C16H21F3O9S. The first-order valence-corrected chi connectivity index (χ1v) is 9.27. The molecule has 29 heavy (non-hydrogen) atoms. The highest BCUT2D eigenvalue weighted by Gasteiger charge is 2.53. The normalized spacial score (nSPS) is 27.1. The second kappa shape index (κ2) is 10.8. The lowest BCUT2D eigenvalue weighted by Gasteiger charge is -2.44. The molecule has 1 saturated heterocycles. The molecule has 0 aromatic rings. The summed E-state index contributed by atoms with van der Waals surface area (Å²) >= 11 is 0.749. The van der Waals surface area contributed by atoms with E-state index in [-0.39, 0.29) is 10.9 Å². The first kappa shape index (κ1) is 25.2. The van der Waals surface area contributed by atoms with Gasteiger partial charge in [-0.3, -0.25) is 19.2 Å². The average Bonchev–Trinajstić information content (AvgIpc) is 2.53. The maximum atomic E-state index is 12.6. The van der Waals surface area contributed by atoms with Crippen LogP contribution in [0, 0.1) is 0 Å². The van der Waals surface area contributed by atoms with Crippen LogP contribution in [0.5, 0.6) is 0 Å². The van der Waals surface area contributed by atoms with Gasteiger partial charge in [0.15, 0.2) is 29.7 Å². The van der Waals surface area contributed by atoms with E-state index in [4.69, 9.17) is 23.7 Å². The van der Waals surface area contributed by atoms with E-state index in [0.717, 1.165) is 32.5 Å². The van der Waals surface area contributed by atoms with Crippen LogP contribution in [0.3, 0.4) is 0 Å². The summed E-state index contributed by atoms with van der Waals surface area (Å²) in [4.78, 5) is 45.8. The van der Waals surface area contributed by atoms with E-state index in [1.54, 1.807) is 0 Å². The molecule has 1 fully saturated rings. The fourth-order valence-electron chi connectivity index (χ4n) is 2.50. The number of ether oxygens (including phenoxy) is 5. The number of hydrogen-bond donors (Lipinski definition) is 0. The Labute approximate surface area is 168 Å². The van der Waals surface area contributed by atoms with Gasteiger partial charge in [0.25, 0.3) is 0 Å². The van der Waals surface area contributed by atoms with Crippen molar-refractivity contribution < 1.29 is 56.0 Å². The zero-order chi connectivity index (χ0) is 22.4. The molecule has 0 aromatic carbocycles. The van der Waals surface area contributed by atoms with Crippen LogP contribution in [0.15, 0.2) is 0 Å². The molecule has 9 nitrogen and oxygen atoms in total. The zero-order valence-corrected chi connectivity index (χ0v) is 16.8. The van der Waals surface area contributed by atoms with Gasteiger partial charge in [-0.25, -0.2) is 0 Å². The Balaban J connectivity index is 3.28. The summed E-state index contributed by atoms with van der Waals surface area (Å²) in [7, 11) is 0. The van der Waals surface area contributed by atoms with Gasteiger partial charge in [-0.05, 0) is 0 Å². The smallest absolute Gasteiger partial charge is 0.411 e. The molecule has 0 spiro atoms. The van der Waals surface area contributed by atoms with Crippen molar-refractivity contribution in [1.82, 2.24) is 0 Å². The molecule has 0 N–H and O–H groups in total. The number of rotatable bonds is 7. The van der Waals surface area contributed by atoms with Crippen molar-refractivity contribution in [2.75, 3.05) is 12.4 Å². The quantitative estimate of drug-likeness (QED) is 0.419. The minimum Gasteiger partial charge on any atom is -0.456 e. The van der Waals surface area contributed by atoms with E-state index in [1.165, 1.54) is 6.92 Å². The van der Waals surface area contributed by atoms with Crippen molar-refractivity contribution in [3.05, 3.63) is 0 Å². The van der Waals surface area contributed by atoms with Gasteiger partial charge in [-0.15, -0.1) is 0 Å². The summed E-state index contributed by atoms with van der Waals surface area (Å²) in [6.45, 7) is 2.54. The molecule has 0 aliphatic carbocycles. The molecule has 0 unspecified atom stereocenters. The van der Waals surface area contributed by atoms with Crippen molar-refractivity contribution in [1.29, 1.82) is 0 Å². The molecule has 0 radical (unpaired) electrons. The van der Waals surface area contributed by atoms with Crippen LogP contribution in [0.2, 0.25) is 0 Å². The number of carbonyl (C=O) groups excluding carboxylic acids is 4. The van der Waals surface area contributed by atoms with E-state index in [0.29, 0.717) is 0 Å². The predicted octanol–water partition coefficient (Wildman–Crippen LogP) is 1.36. The highest BCUT2D eigenvalue weighted by Crippen LogP contribution is 2.32. The van der Waals surface area contributed by atoms with E-state index >= 15 is 0 Å². The third kappa shape index (κ3) is 9.00. The standard InChI is InChI=1S/C16H21F3O9S/c1-7(20)25-12-11(5-29-10(4)23)28-15(24-6-16(17,18)19)14(27-9(3)22)13(12)26-8(2)21/h11-15H,5-6H2,1-4H3/t11-,12-,13+,14-,15-/m1/s1. The number of halogens is 3. The molecule has 1 aliphatic heterocycles. The Hall–Kier alpha value is -1.86. The fourth-order valence-corrected chi connectivity index (χ4v) is 3.17. The van der Waals surface area contributed by atoms with Crippen molar-refractivity contribution in [2.24, 2.45) is 0 Å². The van der Waals surface area contributed by atoms with Crippen LogP contribution < -0.4 is 0 Å². The Morgan fingerprint density at radius 3 is 1.79 bits per heavy atom. The van der Waals surface area contributed by atoms with Gasteiger partial charge < -0.3 is 23.7 Å². The molecule has 0 amide bonds. The van der Waals surface area contributed by atoms with Gasteiger partial charge in [0.2, 0.25) is 0 Å². The van der Waals surface area contributed by atoms with Crippen molar-refractivity contribution in [3.63, 3.8) is 0 Å². The first-order valence-electron chi connectivity index (χ1n) is 8.29. The molecule has 0 saturated carbocycles. The third-order valence-electron chi connectivity index (χ3n) is 3.36. The maximum absolute atomic E-state index is 12.6. The van der Waals surface area contributed by atoms with E-state index in [9.17, 15) is 32.3 Å². The lowest BCUT2D eigenvalue weighted by molar-refractivity contribution is -0.317. The second-order valence-corrected chi connectivity index (χ2v) is 7.19. The molecule has 13 heteroatoms. The Morgan fingerprint density at radius 1 is 0.862 bits per heavy atom. The molecule has 1 heterocycles. The maximum Gasteiger partial charge on any atom is 0.411 e. The third-order valence-corrected chi connectivity index (χ3v) is 4.26. The number of carbonyl (C=O) groups is 4. The molecule has 5 atom stereocenters. The van der Waals surface area contributed by atoms with Crippen LogP contribution in [0.1, 0.15) is 27.7 Å². The summed E-state index contributed by atoms with van der Waals surface area (Å²) < 4.78 is 63.2. The summed E-state index contributed by atoms with van der Waals surface area (Å²) in [5.41, 5.74) is 0. The largest absolute Gasteiger partial charge is 0.456 e. The molecular weight excluding hydrogens is 425 g/mol. The second-order valence-electron chi connectivity index (χ2n) is 5.99. The van der Waals surface area contributed by atoms with Crippen LogP contribution in [0.25, 0.3) is 0 Å². The average molecular weight is 446 g/mol. The van der Waals surface area contributed by atoms with E-state index in [2.05, 4.69) is 0 Å². The Bertz CT molecular complexity index is 625. The van der Waals surface area contributed by atoms with Crippen LogP contribution in [-0.2, 0) is 42.9 Å². The van der Waals surface area contributed by atoms with Gasteiger partial charge >= 0.3 is 24.1 Å². The monoisotopic (exact) mass is 446 g/mol. The van der Waals surface area contributed by atoms with Gasteiger partial charge in [0.1, 0.15) is 12.7 Å². The summed E-state index contributed by atoms with van der Waals surface area (Å²) in [6.07, 6.45) is -12.3. The highest BCUT2D eigenvalue weighted by atomic mass is 32.2. The van der Waals surface area contributed by atoms with Gasteiger partial charge in [-0.1, -0.05) is 11.8 Å². The predicted molar refractivity (Wildman–Crippen MR) is 90.5 cm³/mol. The minimum absolute atomic E-state index is 0.149. The molecule has 0 aromatic heterocycles. The van der Waals surface area contributed by atoms with Crippen LogP contribution in [0.4, 0.5) is 13.2 Å². The van der Waals surface area contributed by atoms with Crippen molar-refractivity contribution >= 4 is 34.8 Å².